The Morgan fingerprint density at radius 3 is 2.16 bits per heavy atom. The highest BCUT2D eigenvalue weighted by Crippen LogP contribution is 2.42. The van der Waals surface area contributed by atoms with Crippen LogP contribution in [0.5, 0.6) is 23.0 Å². The van der Waals surface area contributed by atoms with Crippen molar-refractivity contribution in [1.29, 1.82) is 0 Å². The summed E-state index contributed by atoms with van der Waals surface area (Å²) >= 11 is 0. The molecular formula is C19H21N3O9. The maximum absolute atomic E-state index is 12.8. The summed E-state index contributed by atoms with van der Waals surface area (Å²) in [6.45, 7) is 5.28. The molecule has 31 heavy (non-hydrogen) atoms. The molecular weight excluding hydrogens is 414 g/mol. The zero-order chi connectivity index (χ0) is 23.3. The van der Waals surface area contributed by atoms with Gasteiger partial charge in [0.15, 0.2) is 23.0 Å². The number of nitrogens with zero attached hydrogens (tertiary/aromatic N) is 2. The minimum absolute atomic E-state index is 0.0715. The van der Waals surface area contributed by atoms with Crippen LogP contribution >= 0.6 is 0 Å². The van der Waals surface area contributed by atoms with Crippen molar-refractivity contribution in [3.05, 3.63) is 49.6 Å². The van der Waals surface area contributed by atoms with Crippen molar-refractivity contribution in [2.24, 2.45) is 0 Å². The van der Waals surface area contributed by atoms with Gasteiger partial charge in [-0.3, -0.25) is 25.0 Å². The number of hydrogen-bond donors (Lipinski definition) is 1. The Morgan fingerprint density at radius 2 is 1.65 bits per heavy atom. The van der Waals surface area contributed by atoms with Crippen molar-refractivity contribution in [3.8, 4) is 23.0 Å². The number of anilines is 1. The van der Waals surface area contributed by atoms with Crippen molar-refractivity contribution in [3.63, 3.8) is 0 Å². The Morgan fingerprint density at radius 1 is 1.03 bits per heavy atom. The van der Waals surface area contributed by atoms with Gasteiger partial charge in [0.05, 0.1) is 35.7 Å². The standard InChI is InChI=1S/C17H15N3O9.C2H6/c1-8-15(20(24)25)9(4-14(26-2)16(8)27-3)17(21)18-10-5-12-13(29-7-28-12)6-11(10)19(22)23;1-2/h4-6H,7H2,1-3H3,(H,18,21);1-2H3. The lowest BCUT2D eigenvalue weighted by Gasteiger charge is -2.14. The van der Waals surface area contributed by atoms with E-state index in [1.165, 1.54) is 27.2 Å². The average molecular weight is 435 g/mol. The number of rotatable bonds is 6. The van der Waals surface area contributed by atoms with Crippen LogP contribution in [-0.2, 0) is 0 Å². The van der Waals surface area contributed by atoms with Gasteiger partial charge in [-0.15, -0.1) is 0 Å². The van der Waals surface area contributed by atoms with Crippen molar-refractivity contribution in [1.82, 2.24) is 0 Å². The molecule has 12 nitrogen and oxygen atoms in total. The lowest BCUT2D eigenvalue weighted by Crippen LogP contribution is -2.16. The molecule has 0 atom stereocenters. The number of carbonyl (C=O) groups excluding carboxylic acids is 1. The molecule has 1 aliphatic heterocycles. The fourth-order valence-electron chi connectivity index (χ4n) is 2.95. The van der Waals surface area contributed by atoms with Crippen LogP contribution in [0.15, 0.2) is 18.2 Å². The van der Waals surface area contributed by atoms with Gasteiger partial charge in [0.1, 0.15) is 11.3 Å². The molecule has 12 heteroatoms. The van der Waals surface area contributed by atoms with Crippen LogP contribution in [0.2, 0.25) is 0 Å². The molecule has 1 heterocycles. The SMILES string of the molecule is CC.COc1cc(C(=O)Nc2cc3c(cc2[N+](=O)[O-])OCO3)c([N+](=O)[O-])c(C)c1OC. The van der Waals surface area contributed by atoms with E-state index in [2.05, 4.69) is 5.32 Å². The second-order valence-electron chi connectivity index (χ2n) is 5.82. The number of nitro benzene ring substituents is 2. The number of amides is 1. The predicted octanol–water partition coefficient (Wildman–Crippen LogP) is 3.84. The highest BCUT2D eigenvalue weighted by molar-refractivity contribution is 6.09. The topological polar surface area (TPSA) is 152 Å². The van der Waals surface area contributed by atoms with E-state index in [4.69, 9.17) is 18.9 Å². The van der Waals surface area contributed by atoms with Gasteiger partial charge >= 0.3 is 0 Å². The van der Waals surface area contributed by atoms with Gasteiger partial charge < -0.3 is 24.3 Å². The monoisotopic (exact) mass is 435 g/mol. The first-order valence-electron chi connectivity index (χ1n) is 9.07. The normalized spacial score (nSPS) is 11.1. The molecule has 0 saturated carbocycles. The summed E-state index contributed by atoms with van der Waals surface area (Å²) in [7, 11) is 2.62. The first kappa shape index (κ1) is 23.2. The van der Waals surface area contributed by atoms with Gasteiger partial charge in [-0.1, -0.05) is 13.8 Å². The summed E-state index contributed by atoms with van der Waals surface area (Å²) in [5.74, 6) is -0.389. The number of ether oxygens (including phenoxy) is 4. The average Bonchev–Trinajstić information content (AvgIpc) is 3.20. The van der Waals surface area contributed by atoms with Crippen LogP contribution in [0.25, 0.3) is 0 Å². The quantitative estimate of drug-likeness (QED) is 0.527. The Kier molecular flexibility index (Phi) is 7.19. The smallest absolute Gasteiger partial charge is 0.296 e. The fourth-order valence-corrected chi connectivity index (χ4v) is 2.95. The molecule has 0 saturated heterocycles. The van der Waals surface area contributed by atoms with Crippen molar-refractivity contribution >= 4 is 23.0 Å². The molecule has 0 unspecified atom stereocenters. The van der Waals surface area contributed by atoms with E-state index in [1.54, 1.807) is 0 Å². The molecule has 0 bridgehead atoms. The van der Waals surface area contributed by atoms with Gasteiger partial charge in [0.25, 0.3) is 17.3 Å². The first-order valence-corrected chi connectivity index (χ1v) is 9.07. The third kappa shape index (κ3) is 4.42. The number of fused-ring (bicyclic) bond motifs is 1. The maximum Gasteiger partial charge on any atom is 0.296 e. The van der Waals surface area contributed by atoms with Crippen LogP contribution in [-0.4, -0.2) is 36.8 Å². The minimum atomic E-state index is -0.942. The molecule has 0 radical (unpaired) electrons. The van der Waals surface area contributed by atoms with Crippen molar-refractivity contribution in [2.45, 2.75) is 20.8 Å². The summed E-state index contributed by atoms with van der Waals surface area (Å²) in [5.41, 5.74) is -1.45. The van der Waals surface area contributed by atoms with Crippen molar-refractivity contribution in [2.75, 3.05) is 26.3 Å². The summed E-state index contributed by atoms with van der Waals surface area (Å²) in [4.78, 5) is 34.3. The van der Waals surface area contributed by atoms with Gasteiger partial charge in [-0.05, 0) is 6.92 Å². The zero-order valence-electron chi connectivity index (χ0n) is 17.5. The van der Waals surface area contributed by atoms with Crippen molar-refractivity contribution < 1.29 is 33.6 Å². The molecule has 2 aromatic carbocycles. The van der Waals surface area contributed by atoms with Crippen LogP contribution in [0.3, 0.4) is 0 Å². The summed E-state index contributed by atoms with van der Waals surface area (Å²) in [5, 5.41) is 25.3. The van der Waals surface area contributed by atoms with Gasteiger partial charge in [0.2, 0.25) is 6.79 Å². The number of carbonyl (C=O) groups is 1. The summed E-state index contributed by atoms with van der Waals surface area (Å²) < 4.78 is 20.5. The second-order valence-corrected chi connectivity index (χ2v) is 5.82. The van der Waals surface area contributed by atoms with Crippen LogP contribution < -0.4 is 24.3 Å². The molecule has 3 rings (SSSR count). The highest BCUT2D eigenvalue weighted by atomic mass is 16.7. The second kappa shape index (κ2) is 9.61. The summed E-state index contributed by atoms with van der Waals surface area (Å²) in [6.07, 6.45) is 0. The van der Waals surface area contributed by atoms with Crippen LogP contribution in [0.4, 0.5) is 17.1 Å². The predicted molar refractivity (Wildman–Crippen MR) is 109 cm³/mol. The number of hydrogen-bond acceptors (Lipinski definition) is 9. The highest BCUT2D eigenvalue weighted by Gasteiger charge is 2.31. The third-order valence-electron chi connectivity index (χ3n) is 4.24. The molecule has 0 spiro atoms. The lowest BCUT2D eigenvalue weighted by atomic mass is 10.0. The molecule has 0 aromatic heterocycles. The maximum atomic E-state index is 12.8. The third-order valence-corrected chi connectivity index (χ3v) is 4.24. The van der Waals surface area contributed by atoms with E-state index in [9.17, 15) is 25.0 Å². The molecule has 1 amide bonds. The van der Waals surface area contributed by atoms with E-state index in [0.29, 0.717) is 0 Å². The molecule has 2 aromatic rings. The first-order chi connectivity index (χ1) is 14.8. The van der Waals surface area contributed by atoms with E-state index in [0.717, 1.165) is 12.1 Å². The van der Waals surface area contributed by atoms with E-state index in [-0.39, 0.29) is 46.6 Å². The van der Waals surface area contributed by atoms with Crippen LogP contribution in [0.1, 0.15) is 29.8 Å². The van der Waals surface area contributed by atoms with Gasteiger partial charge in [-0.2, -0.15) is 0 Å². The Hall–Kier alpha value is -4.09. The van der Waals surface area contributed by atoms with E-state index >= 15 is 0 Å². The Labute approximate surface area is 177 Å². The fraction of sp³-hybridized carbons (Fsp3) is 0.316. The Bertz CT molecular complexity index is 1040. The number of nitrogens with one attached hydrogen (secondary N) is 1. The Balaban J connectivity index is 0.00000166. The minimum Gasteiger partial charge on any atom is -0.493 e. The molecule has 0 aliphatic carbocycles. The number of nitro groups is 2. The van der Waals surface area contributed by atoms with Crippen LogP contribution in [0, 0.1) is 27.2 Å². The number of benzene rings is 2. The zero-order valence-corrected chi connectivity index (χ0v) is 17.5. The largest absolute Gasteiger partial charge is 0.493 e. The lowest BCUT2D eigenvalue weighted by molar-refractivity contribution is -0.385. The molecule has 166 valence electrons. The van der Waals surface area contributed by atoms with Gasteiger partial charge in [0, 0.05) is 12.1 Å². The van der Waals surface area contributed by atoms with E-state index < -0.39 is 27.1 Å². The van der Waals surface area contributed by atoms with E-state index in [1.807, 2.05) is 13.8 Å². The van der Waals surface area contributed by atoms with Gasteiger partial charge in [-0.25, -0.2) is 0 Å². The molecule has 1 N–H and O–H groups in total. The summed E-state index contributed by atoms with van der Waals surface area (Å²) in [6, 6.07) is 3.46. The molecule has 0 fully saturated rings. The number of methoxy groups -OCH3 is 2. The molecule has 1 aliphatic rings.